The monoisotopic (exact) mass is 364 g/mol. The Hall–Kier alpha value is -3.13. The van der Waals surface area contributed by atoms with Gasteiger partial charge in [0.2, 0.25) is 0 Å². The summed E-state index contributed by atoms with van der Waals surface area (Å²) in [5, 5.41) is 3.98. The van der Waals surface area contributed by atoms with Crippen LogP contribution in [0.25, 0.3) is 16.9 Å². The zero-order chi connectivity index (χ0) is 18.1. The van der Waals surface area contributed by atoms with Gasteiger partial charge in [-0.05, 0) is 36.7 Å². The van der Waals surface area contributed by atoms with Gasteiger partial charge in [-0.1, -0.05) is 22.7 Å². The predicted octanol–water partition coefficient (Wildman–Crippen LogP) is 2.85. The first-order chi connectivity index (χ1) is 12.6. The van der Waals surface area contributed by atoms with E-state index in [0.717, 1.165) is 21.9 Å². The smallest absolute Gasteiger partial charge is 0.255 e. The van der Waals surface area contributed by atoms with Crippen molar-refractivity contribution in [3.63, 3.8) is 0 Å². The van der Waals surface area contributed by atoms with Crippen LogP contribution < -0.4 is 0 Å². The third-order valence-electron chi connectivity index (χ3n) is 4.14. The van der Waals surface area contributed by atoms with E-state index in [0.29, 0.717) is 17.6 Å². The lowest BCUT2D eigenvalue weighted by Crippen LogP contribution is -2.26. The van der Waals surface area contributed by atoms with Gasteiger partial charge in [-0.3, -0.25) is 9.36 Å². The molecule has 0 saturated heterocycles. The van der Waals surface area contributed by atoms with Crippen LogP contribution >= 0.6 is 11.5 Å². The Bertz CT molecular complexity index is 1070. The summed E-state index contributed by atoms with van der Waals surface area (Å²) in [6.45, 7) is 2.36. The van der Waals surface area contributed by atoms with Crippen molar-refractivity contribution in [2.45, 2.75) is 13.5 Å². The van der Waals surface area contributed by atoms with E-state index in [2.05, 4.69) is 19.6 Å². The molecular formula is C18H16N6OS. The number of rotatable bonds is 4. The van der Waals surface area contributed by atoms with Gasteiger partial charge in [-0.2, -0.15) is 0 Å². The normalized spacial score (nSPS) is 11.0. The van der Waals surface area contributed by atoms with Crippen LogP contribution in [0.2, 0.25) is 0 Å². The zero-order valence-corrected chi connectivity index (χ0v) is 15.1. The minimum Gasteiger partial charge on any atom is -0.336 e. The maximum Gasteiger partial charge on any atom is 0.255 e. The van der Waals surface area contributed by atoms with Gasteiger partial charge in [-0.15, -0.1) is 5.10 Å². The number of hydrogen-bond acceptors (Lipinski definition) is 6. The number of carbonyl (C=O) groups is 1. The number of imidazole rings is 1. The van der Waals surface area contributed by atoms with Crippen molar-refractivity contribution in [3.05, 3.63) is 65.1 Å². The van der Waals surface area contributed by atoms with E-state index in [-0.39, 0.29) is 5.91 Å². The third-order valence-corrected chi connectivity index (χ3v) is 4.95. The predicted molar refractivity (Wildman–Crippen MR) is 99.3 cm³/mol. The Morgan fingerprint density at radius 3 is 2.77 bits per heavy atom. The summed E-state index contributed by atoms with van der Waals surface area (Å²) in [6, 6.07) is 11.6. The molecule has 1 aromatic carbocycles. The molecule has 7 nitrogen and oxygen atoms in total. The molecule has 3 heterocycles. The summed E-state index contributed by atoms with van der Waals surface area (Å²) in [6.07, 6.45) is 3.32. The highest BCUT2D eigenvalue weighted by atomic mass is 32.1. The zero-order valence-electron chi connectivity index (χ0n) is 14.3. The number of aryl methyl sites for hydroxylation is 1. The average Bonchev–Trinajstić information content (AvgIpc) is 3.27. The number of pyridine rings is 1. The van der Waals surface area contributed by atoms with E-state index in [4.69, 9.17) is 0 Å². The fraction of sp³-hybridized carbons (Fsp3) is 0.167. The van der Waals surface area contributed by atoms with Gasteiger partial charge in [0.1, 0.15) is 11.8 Å². The van der Waals surface area contributed by atoms with Gasteiger partial charge in [0, 0.05) is 18.9 Å². The summed E-state index contributed by atoms with van der Waals surface area (Å²) in [5.41, 5.74) is 3.74. The SMILES string of the molecule is Cc1nnsc1CN(C)C(=O)c1cnc2c(c1)ncn2-c1ccccc1. The van der Waals surface area contributed by atoms with Crippen LogP contribution in [-0.2, 0) is 6.54 Å². The van der Waals surface area contributed by atoms with Crippen LogP contribution in [0.1, 0.15) is 20.9 Å². The van der Waals surface area contributed by atoms with E-state index in [1.807, 2.05) is 41.8 Å². The average molecular weight is 364 g/mol. The maximum absolute atomic E-state index is 12.7. The lowest BCUT2D eigenvalue weighted by molar-refractivity contribution is 0.0786. The molecule has 130 valence electrons. The Labute approximate surface area is 154 Å². The van der Waals surface area contributed by atoms with Crippen LogP contribution in [-0.4, -0.2) is 42.0 Å². The van der Waals surface area contributed by atoms with Crippen LogP contribution in [0.4, 0.5) is 0 Å². The van der Waals surface area contributed by atoms with Gasteiger partial charge in [0.25, 0.3) is 5.91 Å². The number of nitrogens with zero attached hydrogens (tertiary/aromatic N) is 6. The van der Waals surface area contributed by atoms with Crippen molar-refractivity contribution in [1.82, 2.24) is 29.0 Å². The molecule has 0 N–H and O–H groups in total. The Balaban J connectivity index is 1.61. The molecule has 0 atom stereocenters. The molecule has 26 heavy (non-hydrogen) atoms. The molecule has 4 rings (SSSR count). The second-order valence-corrected chi connectivity index (χ2v) is 6.80. The number of para-hydroxylation sites is 1. The summed E-state index contributed by atoms with van der Waals surface area (Å²) in [4.78, 5) is 24.2. The number of amides is 1. The van der Waals surface area contributed by atoms with E-state index < -0.39 is 0 Å². The second-order valence-electron chi connectivity index (χ2n) is 5.96. The molecule has 0 bridgehead atoms. The summed E-state index contributed by atoms with van der Waals surface area (Å²) in [7, 11) is 1.76. The van der Waals surface area contributed by atoms with Crippen molar-refractivity contribution >= 4 is 28.6 Å². The number of fused-ring (bicyclic) bond motifs is 1. The molecule has 0 saturated carbocycles. The van der Waals surface area contributed by atoms with E-state index in [9.17, 15) is 4.79 Å². The van der Waals surface area contributed by atoms with Crippen LogP contribution in [0.5, 0.6) is 0 Å². The number of aromatic nitrogens is 5. The second kappa shape index (κ2) is 6.64. The molecule has 0 aliphatic carbocycles. The molecule has 0 aliphatic heterocycles. The van der Waals surface area contributed by atoms with Gasteiger partial charge in [0.15, 0.2) is 5.65 Å². The minimum absolute atomic E-state index is 0.110. The lowest BCUT2D eigenvalue weighted by Gasteiger charge is -2.16. The van der Waals surface area contributed by atoms with E-state index in [1.165, 1.54) is 11.5 Å². The van der Waals surface area contributed by atoms with Gasteiger partial charge in [0.05, 0.1) is 22.7 Å². The highest BCUT2D eigenvalue weighted by Crippen LogP contribution is 2.19. The summed E-state index contributed by atoms with van der Waals surface area (Å²) < 4.78 is 5.81. The summed E-state index contributed by atoms with van der Waals surface area (Å²) in [5.74, 6) is -0.110. The fourth-order valence-corrected chi connectivity index (χ4v) is 3.39. The largest absolute Gasteiger partial charge is 0.336 e. The quantitative estimate of drug-likeness (QED) is 0.556. The molecule has 0 unspecified atom stereocenters. The molecule has 0 aliphatic rings. The van der Waals surface area contributed by atoms with Gasteiger partial charge >= 0.3 is 0 Å². The molecule has 4 aromatic rings. The number of benzene rings is 1. The Morgan fingerprint density at radius 1 is 1.23 bits per heavy atom. The Morgan fingerprint density at radius 2 is 2.04 bits per heavy atom. The van der Waals surface area contributed by atoms with Gasteiger partial charge < -0.3 is 4.90 Å². The van der Waals surface area contributed by atoms with Crippen molar-refractivity contribution < 1.29 is 4.79 Å². The first-order valence-corrected chi connectivity index (χ1v) is 8.82. The molecule has 1 amide bonds. The standard InChI is InChI=1S/C18H16N6OS/c1-12-16(26-22-21-12)10-23(2)18(25)13-8-15-17(19-9-13)24(11-20-15)14-6-4-3-5-7-14/h3-9,11H,10H2,1-2H3. The Kier molecular flexibility index (Phi) is 4.18. The topological polar surface area (TPSA) is 76.8 Å². The third kappa shape index (κ3) is 2.95. The molecular weight excluding hydrogens is 348 g/mol. The molecule has 8 heteroatoms. The van der Waals surface area contributed by atoms with Crippen molar-refractivity contribution in [3.8, 4) is 5.69 Å². The summed E-state index contributed by atoms with van der Waals surface area (Å²) >= 11 is 1.31. The first-order valence-electron chi connectivity index (χ1n) is 8.05. The molecule has 0 radical (unpaired) electrons. The van der Waals surface area contributed by atoms with E-state index >= 15 is 0 Å². The highest BCUT2D eigenvalue weighted by molar-refractivity contribution is 7.05. The fourth-order valence-electron chi connectivity index (χ4n) is 2.70. The molecule has 0 spiro atoms. The van der Waals surface area contributed by atoms with Gasteiger partial charge in [-0.25, -0.2) is 9.97 Å². The number of carbonyl (C=O) groups excluding carboxylic acids is 1. The van der Waals surface area contributed by atoms with Crippen LogP contribution in [0.3, 0.4) is 0 Å². The lowest BCUT2D eigenvalue weighted by atomic mass is 10.2. The van der Waals surface area contributed by atoms with Crippen molar-refractivity contribution in [2.75, 3.05) is 7.05 Å². The van der Waals surface area contributed by atoms with E-state index in [1.54, 1.807) is 30.5 Å². The minimum atomic E-state index is -0.110. The van der Waals surface area contributed by atoms with Crippen molar-refractivity contribution in [1.29, 1.82) is 0 Å². The van der Waals surface area contributed by atoms with Crippen LogP contribution in [0.15, 0.2) is 48.9 Å². The highest BCUT2D eigenvalue weighted by Gasteiger charge is 2.17. The molecule has 0 fully saturated rings. The molecule has 3 aromatic heterocycles. The van der Waals surface area contributed by atoms with Crippen LogP contribution in [0, 0.1) is 6.92 Å². The number of hydrogen-bond donors (Lipinski definition) is 0. The maximum atomic E-state index is 12.7. The van der Waals surface area contributed by atoms with Crippen molar-refractivity contribution in [2.24, 2.45) is 0 Å². The first kappa shape index (κ1) is 16.3.